The molecule has 1 aliphatic heterocycles. The van der Waals surface area contributed by atoms with Gasteiger partial charge in [0, 0.05) is 24.8 Å². The number of rotatable bonds is 6. The molecule has 5 nitrogen and oxygen atoms in total. The lowest BCUT2D eigenvalue weighted by atomic mass is 9.98. The smallest absolute Gasteiger partial charge is 0.254 e. The maximum atomic E-state index is 12.7. The lowest BCUT2D eigenvalue weighted by Crippen LogP contribution is -2.44. The van der Waals surface area contributed by atoms with Gasteiger partial charge in [-0.3, -0.25) is 4.79 Å². The second kappa shape index (κ2) is 8.03. The summed E-state index contributed by atoms with van der Waals surface area (Å²) in [5.41, 5.74) is 7.07. The first kappa shape index (κ1) is 16.6. The number of aliphatic hydroxyl groups is 1. The van der Waals surface area contributed by atoms with E-state index in [1.807, 2.05) is 11.8 Å². The van der Waals surface area contributed by atoms with Crippen LogP contribution in [0.15, 0.2) is 18.2 Å². The topological polar surface area (TPSA) is 75.8 Å². The minimum absolute atomic E-state index is 0.00751. The van der Waals surface area contributed by atoms with E-state index in [0.717, 1.165) is 32.2 Å². The SMILES string of the molecule is CCCOc1ccc(C(=O)N2CCCCC2CCO)cc1N. The van der Waals surface area contributed by atoms with Crippen LogP contribution in [0.4, 0.5) is 5.69 Å². The van der Waals surface area contributed by atoms with Crippen LogP contribution in [0.3, 0.4) is 0 Å². The molecule has 0 aliphatic carbocycles. The highest BCUT2D eigenvalue weighted by Crippen LogP contribution is 2.26. The number of amides is 1. The van der Waals surface area contributed by atoms with E-state index in [0.29, 0.717) is 30.0 Å². The van der Waals surface area contributed by atoms with E-state index in [-0.39, 0.29) is 18.6 Å². The first-order valence-corrected chi connectivity index (χ1v) is 8.11. The Labute approximate surface area is 132 Å². The van der Waals surface area contributed by atoms with Gasteiger partial charge in [-0.25, -0.2) is 0 Å². The van der Waals surface area contributed by atoms with Gasteiger partial charge in [0.1, 0.15) is 5.75 Å². The van der Waals surface area contributed by atoms with E-state index < -0.39 is 0 Å². The quantitative estimate of drug-likeness (QED) is 0.792. The van der Waals surface area contributed by atoms with Crippen LogP contribution in [-0.2, 0) is 0 Å². The summed E-state index contributed by atoms with van der Waals surface area (Å²) in [6.45, 7) is 3.51. The van der Waals surface area contributed by atoms with Gasteiger partial charge in [0.15, 0.2) is 0 Å². The Balaban J connectivity index is 2.12. The van der Waals surface area contributed by atoms with Gasteiger partial charge in [0.05, 0.1) is 12.3 Å². The highest BCUT2D eigenvalue weighted by atomic mass is 16.5. The van der Waals surface area contributed by atoms with Crippen molar-refractivity contribution in [3.63, 3.8) is 0 Å². The standard InChI is InChI=1S/C17H26N2O3/c1-2-11-22-16-7-6-13(12-15(16)18)17(21)19-9-4-3-5-14(19)8-10-20/h6-7,12,14,20H,2-5,8-11,18H2,1H3. The number of aliphatic hydroxyl groups excluding tert-OH is 1. The van der Waals surface area contributed by atoms with Crippen molar-refractivity contribution < 1.29 is 14.6 Å². The van der Waals surface area contributed by atoms with E-state index >= 15 is 0 Å². The van der Waals surface area contributed by atoms with Crippen molar-refractivity contribution in [2.24, 2.45) is 0 Å². The van der Waals surface area contributed by atoms with E-state index in [2.05, 4.69) is 0 Å². The zero-order valence-corrected chi connectivity index (χ0v) is 13.3. The van der Waals surface area contributed by atoms with Crippen LogP contribution in [0.25, 0.3) is 0 Å². The fraction of sp³-hybridized carbons (Fsp3) is 0.588. The summed E-state index contributed by atoms with van der Waals surface area (Å²) < 4.78 is 5.54. The molecule has 1 aromatic rings. The largest absolute Gasteiger partial charge is 0.491 e. The molecule has 2 rings (SSSR count). The third-order valence-corrected chi connectivity index (χ3v) is 4.07. The summed E-state index contributed by atoms with van der Waals surface area (Å²) in [6.07, 6.45) is 4.64. The number of piperidine rings is 1. The van der Waals surface area contributed by atoms with Crippen molar-refractivity contribution >= 4 is 11.6 Å². The summed E-state index contributed by atoms with van der Waals surface area (Å²) in [5.74, 6) is 0.621. The van der Waals surface area contributed by atoms with Gasteiger partial charge in [-0.1, -0.05) is 6.92 Å². The maximum Gasteiger partial charge on any atom is 0.254 e. The van der Waals surface area contributed by atoms with Gasteiger partial charge in [-0.05, 0) is 50.3 Å². The molecule has 22 heavy (non-hydrogen) atoms. The van der Waals surface area contributed by atoms with Crippen LogP contribution < -0.4 is 10.5 Å². The molecule has 0 spiro atoms. The number of carbonyl (C=O) groups is 1. The third kappa shape index (κ3) is 3.91. The van der Waals surface area contributed by atoms with E-state index in [4.69, 9.17) is 10.5 Å². The summed E-state index contributed by atoms with van der Waals surface area (Å²) in [7, 11) is 0. The molecule has 0 radical (unpaired) electrons. The number of benzene rings is 1. The molecule has 1 aromatic carbocycles. The van der Waals surface area contributed by atoms with Crippen molar-refractivity contribution in [1.82, 2.24) is 4.90 Å². The molecular weight excluding hydrogens is 280 g/mol. The van der Waals surface area contributed by atoms with Crippen molar-refractivity contribution in [1.29, 1.82) is 0 Å². The number of anilines is 1. The predicted molar refractivity (Wildman–Crippen MR) is 87.0 cm³/mol. The Hall–Kier alpha value is -1.75. The predicted octanol–water partition coefficient (Wildman–Crippen LogP) is 2.43. The van der Waals surface area contributed by atoms with Crippen LogP contribution in [0.1, 0.15) is 49.4 Å². The van der Waals surface area contributed by atoms with Crippen LogP contribution in [0.5, 0.6) is 5.75 Å². The first-order valence-electron chi connectivity index (χ1n) is 8.11. The van der Waals surface area contributed by atoms with E-state index in [1.165, 1.54) is 0 Å². The number of hydrogen-bond acceptors (Lipinski definition) is 4. The Bertz CT molecular complexity index is 503. The van der Waals surface area contributed by atoms with Gasteiger partial charge < -0.3 is 20.5 Å². The van der Waals surface area contributed by atoms with Crippen molar-refractivity contribution in [3.8, 4) is 5.75 Å². The second-order valence-electron chi connectivity index (χ2n) is 5.76. The number of nitrogens with zero attached hydrogens (tertiary/aromatic N) is 1. The van der Waals surface area contributed by atoms with Gasteiger partial charge in [0.2, 0.25) is 0 Å². The lowest BCUT2D eigenvalue weighted by molar-refractivity contribution is 0.0574. The molecule has 1 amide bonds. The Kier molecular flexibility index (Phi) is 6.07. The summed E-state index contributed by atoms with van der Waals surface area (Å²) in [4.78, 5) is 14.6. The monoisotopic (exact) mass is 306 g/mol. The molecule has 1 unspecified atom stereocenters. The van der Waals surface area contributed by atoms with Gasteiger partial charge >= 0.3 is 0 Å². The van der Waals surface area contributed by atoms with Crippen molar-refractivity contribution in [2.45, 2.75) is 45.1 Å². The number of nitrogen functional groups attached to an aromatic ring is 1. The lowest BCUT2D eigenvalue weighted by Gasteiger charge is -2.35. The molecule has 1 heterocycles. The van der Waals surface area contributed by atoms with Crippen LogP contribution >= 0.6 is 0 Å². The average Bonchev–Trinajstić information content (AvgIpc) is 2.54. The van der Waals surface area contributed by atoms with Crippen LogP contribution in [0, 0.1) is 0 Å². The molecule has 1 aliphatic rings. The fourth-order valence-corrected chi connectivity index (χ4v) is 2.91. The van der Waals surface area contributed by atoms with Gasteiger partial charge in [-0.2, -0.15) is 0 Å². The molecule has 1 atom stereocenters. The second-order valence-corrected chi connectivity index (χ2v) is 5.76. The summed E-state index contributed by atoms with van der Waals surface area (Å²) in [6, 6.07) is 5.36. The Morgan fingerprint density at radius 2 is 2.27 bits per heavy atom. The molecule has 5 heteroatoms. The molecule has 0 bridgehead atoms. The highest BCUT2D eigenvalue weighted by Gasteiger charge is 2.27. The van der Waals surface area contributed by atoms with Crippen LogP contribution in [-0.4, -0.2) is 41.7 Å². The summed E-state index contributed by atoms with van der Waals surface area (Å²) >= 11 is 0. The fourth-order valence-electron chi connectivity index (χ4n) is 2.91. The number of ether oxygens (including phenoxy) is 1. The molecule has 0 aromatic heterocycles. The summed E-state index contributed by atoms with van der Waals surface area (Å²) in [5, 5.41) is 9.18. The van der Waals surface area contributed by atoms with E-state index in [9.17, 15) is 9.90 Å². The first-order chi connectivity index (χ1) is 10.7. The number of nitrogens with two attached hydrogens (primary N) is 1. The normalized spacial score (nSPS) is 18.3. The zero-order chi connectivity index (χ0) is 15.9. The maximum absolute atomic E-state index is 12.7. The third-order valence-electron chi connectivity index (χ3n) is 4.07. The average molecular weight is 306 g/mol. The Morgan fingerprint density at radius 3 is 2.95 bits per heavy atom. The number of carbonyl (C=O) groups excluding carboxylic acids is 1. The molecular formula is C17H26N2O3. The molecule has 1 saturated heterocycles. The van der Waals surface area contributed by atoms with Gasteiger partial charge in [-0.15, -0.1) is 0 Å². The zero-order valence-electron chi connectivity index (χ0n) is 13.3. The Morgan fingerprint density at radius 1 is 1.45 bits per heavy atom. The van der Waals surface area contributed by atoms with Crippen molar-refractivity contribution in [3.05, 3.63) is 23.8 Å². The molecule has 1 fully saturated rings. The number of likely N-dealkylation sites (tertiary alicyclic amines) is 1. The molecule has 3 N–H and O–H groups in total. The van der Waals surface area contributed by atoms with Crippen LogP contribution in [0.2, 0.25) is 0 Å². The number of hydrogen-bond donors (Lipinski definition) is 2. The minimum Gasteiger partial charge on any atom is -0.491 e. The minimum atomic E-state index is -0.00751. The van der Waals surface area contributed by atoms with Gasteiger partial charge in [0.25, 0.3) is 5.91 Å². The molecule has 122 valence electrons. The van der Waals surface area contributed by atoms with E-state index in [1.54, 1.807) is 18.2 Å². The molecule has 0 saturated carbocycles. The highest BCUT2D eigenvalue weighted by molar-refractivity contribution is 5.95. The van der Waals surface area contributed by atoms with Crippen molar-refractivity contribution in [2.75, 3.05) is 25.5 Å².